The van der Waals surface area contributed by atoms with Crippen LogP contribution in [0.3, 0.4) is 0 Å². The predicted molar refractivity (Wildman–Crippen MR) is 118 cm³/mol. The first-order chi connectivity index (χ1) is 14.7. The molecule has 0 atom stereocenters. The van der Waals surface area contributed by atoms with Crippen LogP contribution in [0.5, 0.6) is 11.5 Å². The van der Waals surface area contributed by atoms with Crippen LogP contribution in [0.25, 0.3) is 11.3 Å². The molecule has 1 fully saturated rings. The maximum atomic E-state index is 6.39. The van der Waals surface area contributed by atoms with Gasteiger partial charge < -0.3 is 20.1 Å². The van der Waals surface area contributed by atoms with Crippen molar-refractivity contribution in [1.82, 2.24) is 14.7 Å². The average molecular weight is 406 g/mol. The molecule has 0 spiro atoms. The Morgan fingerprint density at radius 1 is 0.933 bits per heavy atom. The zero-order chi connectivity index (χ0) is 20.5. The van der Waals surface area contributed by atoms with Gasteiger partial charge in [-0.2, -0.15) is 5.10 Å². The molecule has 0 radical (unpaired) electrons. The normalized spacial score (nSPS) is 16.6. The number of piperazine rings is 1. The SMILES string of the molecule is Cn1nc(-c2ccccc2)c(CN2CCN(c3cccc4c3OCCO4)CC2)c1N. The molecule has 5 rings (SSSR count). The molecule has 2 N–H and O–H groups in total. The number of hydrogen-bond acceptors (Lipinski definition) is 6. The minimum absolute atomic E-state index is 0.604. The monoisotopic (exact) mass is 405 g/mol. The summed E-state index contributed by atoms with van der Waals surface area (Å²) in [5.74, 6) is 2.45. The Balaban J connectivity index is 1.31. The molecular weight excluding hydrogens is 378 g/mol. The number of para-hydroxylation sites is 1. The first kappa shape index (κ1) is 18.8. The fraction of sp³-hybridized carbons (Fsp3) is 0.348. The quantitative estimate of drug-likeness (QED) is 0.720. The number of hydrogen-bond donors (Lipinski definition) is 1. The number of benzene rings is 2. The van der Waals surface area contributed by atoms with Crippen LogP contribution in [0.15, 0.2) is 48.5 Å². The van der Waals surface area contributed by atoms with Crippen LogP contribution < -0.4 is 20.1 Å². The number of ether oxygens (including phenoxy) is 2. The first-order valence-corrected chi connectivity index (χ1v) is 10.4. The Hall–Kier alpha value is -3.19. The largest absolute Gasteiger partial charge is 0.486 e. The number of aryl methyl sites for hydroxylation is 1. The van der Waals surface area contributed by atoms with E-state index in [9.17, 15) is 0 Å². The van der Waals surface area contributed by atoms with Crippen molar-refractivity contribution in [2.24, 2.45) is 7.05 Å². The highest BCUT2D eigenvalue weighted by atomic mass is 16.6. The average Bonchev–Trinajstić information content (AvgIpc) is 3.08. The number of anilines is 2. The van der Waals surface area contributed by atoms with Crippen molar-refractivity contribution in [2.75, 3.05) is 50.0 Å². The lowest BCUT2D eigenvalue weighted by molar-refractivity contribution is 0.171. The van der Waals surface area contributed by atoms with Crippen LogP contribution in [0.4, 0.5) is 11.5 Å². The smallest absolute Gasteiger partial charge is 0.184 e. The number of fused-ring (bicyclic) bond motifs is 1. The van der Waals surface area contributed by atoms with E-state index in [2.05, 4.69) is 33.1 Å². The van der Waals surface area contributed by atoms with Crippen LogP contribution in [0.2, 0.25) is 0 Å². The summed E-state index contributed by atoms with van der Waals surface area (Å²) in [4.78, 5) is 4.83. The topological polar surface area (TPSA) is 68.8 Å². The third-order valence-corrected chi connectivity index (χ3v) is 5.88. The lowest BCUT2D eigenvalue weighted by Gasteiger charge is -2.37. The zero-order valence-corrected chi connectivity index (χ0v) is 17.3. The molecule has 7 heteroatoms. The highest BCUT2D eigenvalue weighted by molar-refractivity contribution is 5.68. The highest BCUT2D eigenvalue weighted by Gasteiger charge is 2.25. The molecule has 0 aliphatic carbocycles. The third kappa shape index (κ3) is 3.45. The van der Waals surface area contributed by atoms with Gasteiger partial charge in [-0.05, 0) is 12.1 Å². The lowest BCUT2D eigenvalue weighted by atomic mass is 10.1. The maximum Gasteiger partial charge on any atom is 0.184 e. The van der Waals surface area contributed by atoms with Crippen molar-refractivity contribution in [3.63, 3.8) is 0 Å². The van der Waals surface area contributed by atoms with E-state index in [0.29, 0.717) is 13.2 Å². The number of nitrogen functional groups attached to an aromatic ring is 1. The van der Waals surface area contributed by atoms with Gasteiger partial charge in [-0.25, -0.2) is 0 Å². The summed E-state index contributed by atoms with van der Waals surface area (Å²) in [5, 5.41) is 4.68. The summed E-state index contributed by atoms with van der Waals surface area (Å²) in [6.07, 6.45) is 0. The Morgan fingerprint density at radius 2 is 1.70 bits per heavy atom. The van der Waals surface area contributed by atoms with Crippen molar-refractivity contribution in [3.05, 3.63) is 54.1 Å². The summed E-state index contributed by atoms with van der Waals surface area (Å²) < 4.78 is 13.4. The zero-order valence-electron chi connectivity index (χ0n) is 17.3. The van der Waals surface area contributed by atoms with Crippen molar-refractivity contribution < 1.29 is 9.47 Å². The van der Waals surface area contributed by atoms with E-state index in [0.717, 1.165) is 72.5 Å². The van der Waals surface area contributed by atoms with Gasteiger partial charge in [0.2, 0.25) is 0 Å². The van der Waals surface area contributed by atoms with Crippen LogP contribution in [-0.2, 0) is 13.6 Å². The standard InChI is InChI=1S/C23H27N5O2/c1-26-23(24)18(21(25-26)17-6-3-2-4-7-17)16-27-10-12-28(13-11-27)19-8-5-9-20-22(19)30-15-14-29-20/h2-9H,10-16,24H2,1H3. The molecule has 3 aromatic rings. The molecule has 0 saturated carbocycles. The minimum atomic E-state index is 0.604. The second-order valence-corrected chi connectivity index (χ2v) is 7.77. The molecule has 2 aliphatic rings. The molecule has 3 heterocycles. The molecule has 2 aromatic carbocycles. The maximum absolute atomic E-state index is 6.39. The molecule has 7 nitrogen and oxygen atoms in total. The van der Waals surface area contributed by atoms with E-state index in [1.54, 1.807) is 4.68 Å². The number of rotatable bonds is 4. The van der Waals surface area contributed by atoms with E-state index >= 15 is 0 Å². The van der Waals surface area contributed by atoms with Crippen molar-refractivity contribution >= 4 is 11.5 Å². The number of nitrogens with zero attached hydrogens (tertiary/aromatic N) is 4. The molecule has 30 heavy (non-hydrogen) atoms. The fourth-order valence-electron chi connectivity index (χ4n) is 4.24. The Morgan fingerprint density at radius 3 is 2.50 bits per heavy atom. The van der Waals surface area contributed by atoms with Crippen LogP contribution in [0, 0.1) is 0 Å². The van der Waals surface area contributed by atoms with Crippen LogP contribution >= 0.6 is 0 Å². The third-order valence-electron chi connectivity index (χ3n) is 5.88. The molecule has 2 aliphatic heterocycles. The van der Waals surface area contributed by atoms with Crippen LogP contribution in [0.1, 0.15) is 5.56 Å². The highest BCUT2D eigenvalue weighted by Crippen LogP contribution is 2.40. The summed E-state index contributed by atoms with van der Waals surface area (Å²) in [6, 6.07) is 16.4. The Labute approximate surface area is 176 Å². The second-order valence-electron chi connectivity index (χ2n) is 7.77. The van der Waals surface area contributed by atoms with E-state index in [1.807, 2.05) is 37.4 Å². The summed E-state index contributed by atoms with van der Waals surface area (Å²) in [7, 11) is 1.91. The van der Waals surface area contributed by atoms with Gasteiger partial charge in [-0.15, -0.1) is 0 Å². The Kier molecular flexibility index (Phi) is 4.96. The van der Waals surface area contributed by atoms with Gasteiger partial charge in [0.1, 0.15) is 19.0 Å². The summed E-state index contributed by atoms with van der Waals surface area (Å²) >= 11 is 0. The summed E-state index contributed by atoms with van der Waals surface area (Å²) in [5.41, 5.74) is 10.7. The molecule has 1 aromatic heterocycles. The molecule has 0 amide bonds. The molecule has 1 saturated heterocycles. The van der Waals surface area contributed by atoms with Gasteiger partial charge in [0.05, 0.1) is 11.4 Å². The van der Waals surface area contributed by atoms with E-state index in [-0.39, 0.29) is 0 Å². The summed E-state index contributed by atoms with van der Waals surface area (Å²) in [6.45, 7) is 5.78. The first-order valence-electron chi connectivity index (χ1n) is 10.4. The lowest BCUT2D eigenvalue weighted by Crippen LogP contribution is -2.46. The second kappa shape index (κ2) is 7.91. The van der Waals surface area contributed by atoms with Crippen molar-refractivity contribution in [1.29, 1.82) is 0 Å². The molecule has 0 unspecified atom stereocenters. The fourth-order valence-corrected chi connectivity index (χ4v) is 4.24. The van der Waals surface area contributed by atoms with Crippen molar-refractivity contribution in [2.45, 2.75) is 6.54 Å². The van der Waals surface area contributed by atoms with Gasteiger partial charge in [0, 0.05) is 50.9 Å². The van der Waals surface area contributed by atoms with Gasteiger partial charge in [-0.1, -0.05) is 36.4 Å². The van der Waals surface area contributed by atoms with Crippen molar-refractivity contribution in [3.8, 4) is 22.8 Å². The van der Waals surface area contributed by atoms with E-state index in [4.69, 9.17) is 15.2 Å². The number of aromatic nitrogens is 2. The molecule has 0 bridgehead atoms. The Bertz CT molecular complexity index is 1030. The number of nitrogens with two attached hydrogens (primary N) is 1. The van der Waals surface area contributed by atoms with Gasteiger partial charge in [0.15, 0.2) is 11.5 Å². The minimum Gasteiger partial charge on any atom is -0.486 e. The van der Waals surface area contributed by atoms with Gasteiger partial charge in [-0.3, -0.25) is 9.58 Å². The van der Waals surface area contributed by atoms with Gasteiger partial charge in [0.25, 0.3) is 0 Å². The van der Waals surface area contributed by atoms with Gasteiger partial charge >= 0.3 is 0 Å². The van der Waals surface area contributed by atoms with Crippen LogP contribution in [-0.4, -0.2) is 54.1 Å². The molecular formula is C23H27N5O2. The van der Waals surface area contributed by atoms with E-state index < -0.39 is 0 Å². The molecule has 156 valence electrons. The predicted octanol–water partition coefficient (Wildman–Crippen LogP) is 2.76. The van der Waals surface area contributed by atoms with E-state index in [1.165, 1.54) is 0 Å².